The van der Waals surface area contributed by atoms with E-state index in [1.807, 2.05) is 36.4 Å². The number of esters is 1. The third-order valence-electron chi connectivity index (χ3n) is 6.84. The molecule has 37 heavy (non-hydrogen) atoms. The summed E-state index contributed by atoms with van der Waals surface area (Å²) in [6.07, 6.45) is 6.17. The van der Waals surface area contributed by atoms with Gasteiger partial charge in [-0.3, -0.25) is 4.79 Å². The maximum Gasteiger partial charge on any atom is 0.343 e. The van der Waals surface area contributed by atoms with E-state index in [0.29, 0.717) is 17.5 Å². The van der Waals surface area contributed by atoms with Gasteiger partial charge in [0.05, 0.1) is 12.0 Å². The van der Waals surface area contributed by atoms with Crippen molar-refractivity contribution in [3.05, 3.63) is 87.8 Å². The lowest BCUT2D eigenvalue weighted by atomic mass is 9.90. The van der Waals surface area contributed by atoms with E-state index in [9.17, 15) is 9.59 Å². The van der Waals surface area contributed by atoms with Crippen LogP contribution in [0.25, 0.3) is 16.7 Å². The fourth-order valence-electron chi connectivity index (χ4n) is 4.74. The molecule has 0 amide bonds. The summed E-state index contributed by atoms with van der Waals surface area (Å²) in [5, 5.41) is 6.91. The zero-order valence-electron chi connectivity index (χ0n) is 21.2. The van der Waals surface area contributed by atoms with E-state index in [-0.39, 0.29) is 17.6 Å². The van der Waals surface area contributed by atoms with Crippen LogP contribution in [0.2, 0.25) is 0 Å². The normalized spacial score (nSPS) is 14.0. The van der Waals surface area contributed by atoms with Crippen molar-refractivity contribution in [2.45, 2.75) is 39.0 Å². The van der Waals surface area contributed by atoms with Gasteiger partial charge in [0.25, 0.3) is 0 Å². The average Bonchev–Trinajstić information content (AvgIpc) is 2.94. The summed E-state index contributed by atoms with van der Waals surface area (Å²) in [5.41, 5.74) is 4.07. The number of nitrogens with zero attached hydrogens (tertiary/aromatic N) is 3. The first-order valence-electron chi connectivity index (χ1n) is 12.8. The molecule has 8 nitrogen and oxygen atoms in total. The van der Waals surface area contributed by atoms with Crippen molar-refractivity contribution in [1.29, 1.82) is 0 Å². The van der Waals surface area contributed by atoms with Gasteiger partial charge in [0, 0.05) is 23.8 Å². The molecule has 1 aliphatic rings. The molecule has 1 saturated heterocycles. The van der Waals surface area contributed by atoms with E-state index < -0.39 is 11.4 Å². The summed E-state index contributed by atoms with van der Waals surface area (Å²) in [7, 11) is 0. The molecule has 5 rings (SSSR count). The Labute approximate surface area is 215 Å². The van der Waals surface area contributed by atoms with Gasteiger partial charge in [-0.25, -0.2) is 9.78 Å². The van der Waals surface area contributed by atoms with E-state index in [4.69, 9.17) is 4.74 Å². The molecule has 0 atom stereocenters. The number of nitrogens with one attached hydrogen (secondary N) is 2. The van der Waals surface area contributed by atoms with Gasteiger partial charge in [-0.2, -0.15) is 4.98 Å². The van der Waals surface area contributed by atoms with Gasteiger partial charge in [-0.15, -0.1) is 0 Å². The van der Waals surface area contributed by atoms with Crippen molar-refractivity contribution < 1.29 is 9.53 Å². The highest BCUT2D eigenvalue weighted by atomic mass is 16.5. The van der Waals surface area contributed by atoms with E-state index >= 15 is 0 Å². The number of pyridine rings is 1. The Morgan fingerprint density at radius 1 is 1.08 bits per heavy atom. The van der Waals surface area contributed by atoms with E-state index in [2.05, 4.69) is 39.7 Å². The molecule has 3 heterocycles. The molecular weight excluding hydrogens is 466 g/mol. The van der Waals surface area contributed by atoms with Crippen LogP contribution in [0.5, 0.6) is 0 Å². The second kappa shape index (κ2) is 10.9. The molecule has 0 bridgehead atoms. The smallest absolute Gasteiger partial charge is 0.343 e. The fourth-order valence-corrected chi connectivity index (χ4v) is 4.74. The Balaban J connectivity index is 1.53. The molecule has 8 heteroatoms. The lowest BCUT2D eigenvalue weighted by molar-refractivity contribution is 0.0524. The van der Waals surface area contributed by atoms with Crippen LogP contribution >= 0.6 is 0 Å². The zero-order chi connectivity index (χ0) is 25.8. The predicted octanol–water partition coefficient (Wildman–Crippen LogP) is 4.73. The number of ether oxygens (including phenoxy) is 1. The summed E-state index contributed by atoms with van der Waals surface area (Å²) in [6.45, 7) is 6.08. The number of carbonyl (C=O) groups is 1. The molecule has 0 spiro atoms. The van der Waals surface area contributed by atoms with Crippen molar-refractivity contribution >= 4 is 28.6 Å². The number of piperidine rings is 1. The standard InChI is InChI=1S/C29H31N5O3/c1-3-19-5-11-23(12-6-19)34-18-25(28(36)37-4-2)26(35)24-17-31-29(33-27(24)34)32-22-9-7-20(8-10-22)21-13-15-30-16-14-21/h5-12,17-18,21,30H,3-4,13-16H2,1-2H3,(H,31,32,33). The van der Waals surface area contributed by atoms with Crippen LogP contribution in [-0.2, 0) is 11.2 Å². The van der Waals surface area contributed by atoms with Crippen LogP contribution in [0.1, 0.15) is 54.1 Å². The van der Waals surface area contributed by atoms with Crippen LogP contribution in [-0.4, -0.2) is 40.2 Å². The SMILES string of the molecule is CCOC(=O)c1cn(-c2ccc(CC)cc2)c2nc(Nc3ccc(C4CCNCC4)cc3)ncc2c1=O. The molecule has 0 radical (unpaired) electrons. The molecule has 0 saturated carbocycles. The number of carbonyl (C=O) groups excluding carboxylic acids is 1. The second-order valence-corrected chi connectivity index (χ2v) is 9.18. The molecule has 0 aliphatic carbocycles. The molecule has 1 aliphatic heterocycles. The number of rotatable bonds is 7. The van der Waals surface area contributed by atoms with Gasteiger partial charge in [0.1, 0.15) is 5.56 Å². The van der Waals surface area contributed by atoms with Crippen LogP contribution in [0, 0.1) is 0 Å². The van der Waals surface area contributed by atoms with E-state index in [0.717, 1.165) is 43.7 Å². The highest BCUT2D eigenvalue weighted by Gasteiger charge is 2.19. The Bertz CT molecular complexity index is 1460. The first-order valence-corrected chi connectivity index (χ1v) is 12.8. The summed E-state index contributed by atoms with van der Waals surface area (Å²) >= 11 is 0. The quantitative estimate of drug-likeness (QED) is 0.356. The topological polar surface area (TPSA) is 98.1 Å². The Morgan fingerprint density at radius 3 is 2.49 bits per heavy atom. The van der Waals surface area contributed by atoms with Gasteiger partial charge in [0.2, 0.25) is 11.4 Å². The van der Waals surface area contributed by atoms with Crippen molar-refractivity contribution in [3.63, 3.8) is 0 Å². The third kappa shape index (κ3) is 5.24. The highest BCUT2D eigenvalue weighted by molar-refractivity contribution is 5.93. The number of anilines is 2. The summed E-state index contributed by atoms with van der Waals surface area (Å²) in [4.78, 5) is 34.8. The van der Waals surface area contributed by atoms with Crippen molar-refractivity contribution in [3.8, 4) is 5.69 Å². The molecule has 4 aromatic rings. The maximum atomic E-state index is 13.2. The molecule has 1 fully saturated rings. The molecule has 2 aromatic heterocycles. The number of aryl methyl sites for hydroxylation is 1. The van der Waals surface area contributed by atoms with Gasteiger partial charge < -0.3 is 19.9 Å². The number of hydrogen-bond acceptors (Lipinski definition) is 7. The lowest BCUT2D eigenvalue weighted by Crippen LogP contribution is -2.26. The largest absolute Gasteiger partial charge is 0.462 e. The minimum absolute atomic E-state index is 0.0493. The van der Waals surface area contributed by atoms with E-state index in [1.165, 1.54) is 23.5 Å². The predicted molar refractivity (Wildman–Crippen MR) is 145 cm³/mol. The minimum atomic E-state index is -0.663. The molecule has 2 aromatic carbocycles. The first-order chi connectivity index (χ1) is 18.1. The second-order valence-electron chi connectivity index (χ2n) is 9.18. The zero-order valence-corrected chi connectivity index (χ0v) is 21.2. The number of benzene rings is 2. The Morgan fingerprint density at radius 2 is 1.81 bits per heavy atom. The highest BCUT2D eigenvalue weighted by Crippen LogP contribution is 2.27. The molecular formula is C29H31N5O3. The molecule has 0 unspecified atom stereocenters. The molecule has 190 valence electrons. The van der Waals surface area contributed by atoms with Crippen molar-refractivity contribution in [1.82, 2.24) is 19.9 Å². The van der Waals surface area contributed by atoms with E-state index in [1.54, 1.807) is 11.5 Å². The van der Waals surface area contributed by atoms with Crippen molar-refractivity contribution in [2.24, 2.45) is 0 Å². The maximum absolute atomic E-state index is 13.2. The molecule has 2 N–H and O–H groups in total. The minimum Gasteiger partial charge on any atom is -0.462 e. The van der Waals surface area contributed by atoms with Gasteiger partial charge in [0.15, 0.2) is 5.65 Å². The summed E-state index contributed by atoms with van der Waals surface area (Å²) in [6, 6.07) is 16.3. The van der Waals surface area contributed by atoms with Gasteiger partial charge >= 0.3 is 5.97 Å². The Hall–Kier alpha value is -4.04. The van der Waals surface area contributed by atoms with Gasteiger partial charge in [-0.1, -0.05) is 31.2 Å². The lowest BCUT2D eigenvalue weighted by Gasteiger charge is -2.23. The van der Waals surface area contributed by atoms with Crippen LogP contribution in [0.3, 0.4) is 0 Å². The summed E-state index contributed by atoms with van der Waals surface area (Å²) in [5.74, 6) is 0.281. The fraction of sp³-hybridized carbons (Fsp3) is 0.310. The third-order valence-corrected chi connectivity index (χ3v) is 6.84. The van der Waals surface area contributed by atoms with Crippen LogP contribution in [0.4, 0.5) is 11.6 Å². The number of hydrogen-bond donors (Lipinski definition) is 2. The summed E-state index contributed by atoms with van der Waals surface area (Å²) < 4.78 is 6.88. The first kappa shape index (κ1) is 24.6. The van der Waals surface area contributed by atoms with Crippen LogP contribution < -0.4 is 16.1 Å². The van der Waals surface area contributed by atoms with Crippen molar-refractivity contribution in [2.75, 3.05) is 25.0 Å². The number of aromatic nitrogens is 3. The average molecular weight is 498 g/mol. The van der Waals surface area contributed by atoms with Gasteiger partial charge in [-0.05, 0) is 80.6 Å². The Kier molecular flexibility index (Phi) is 7.28. The number of fused-ring (bicyclic) bond motifs is 1. The monoisotopic (exact) mass is 497 g/mol. The van der Waals surface area contributed by atoms with Crippen LogP contribution in [0.15, 0.2) is 65.7 Å².